The molecule has 2 saturated heterocycles. The van der Waals surface area contributed by atoms with E-state index in [9.17, 15) is 14.4 Å². The molecule has 5 rings (SSSR count). The molecule has 3 fully saturated rings. The molecular formula is C31H43N3O5. The highest BCUT2D eigenvalue weighted by Crippen LogP contribution is 2.55. The van der Waals surface area contributed by atoms with Crippen LogP contribution in [0.25, 0.3) is 0 Å². The summed E-state index contributed by atoms with van der Waals surface area (Å²) in [6.45, 7) is 9.83. The highest BCUT2D eigenvalue weighted by molar-refractivity contribution is 6.02. The standard InChI is InChI=1S/C31H43N3O5/c1-5-38-18-8-17-34-27(29(36)33-23-10-7-6-9-20(23)4)31-16-15-24(39-31)25(26(31)30(34)37)28(35)32-22-13-11-21(12-14-22)19(2)3/h11-16,19-20,23-27H,5-10,17-18H2,1-4H3,(H,32,35)(H,33,36)/t20-,23-,24+,25+,26+,27-,31-/m0/s1. The van der Waals surface area contributed by atoms with Crippen LogP contribution in [0.2, 0.25) is 0 Å². The van der Waals surface area contributed by atoms with E-state index >= 15 is 0 Å². The number of hydrogen-bond donors (Lipinski definition) is 2. The average molecular weight is 538 g/mol. The zero-order chi connectivity index (χ0) is 27.7. The summed E-state index contributed by atoms with van der Waals surface area (Å²) in [6, 6.07) is 7.07. The molecule has 2 bridgehead atoms. The van der Waals surface area contributed by atoms with Crippen molar-refractivity contribution in [1.29, 1.82) is 0 Å². The summed E-state index contributed by atoms with van der Waals surface area (Å²) in [5, 5.41) is 6.28. The minimum atomic E-state index is -1.14. The van der Waals surface area contributed by atoms with E-state index in [1.807, 2.05) is 43.3 Å². The van der Waals surface area contributed by atoms with Gasteiger partial charge < -0.3 is 25.0 Å². The zero-order valence-electron chi connectivity index (χ0n) is 23.7. The van der Waals surface area contributed by atoms with E-state index in [0.29, 0.717) is 43.7 Å². The summed E-state index contributed by atoms with van der Waals surface area (Å²) >= 11 is 0. The van der Waals surface area contributed by atoms with Crippen LogP contribution in [0.1, 0.15) is 71.3 Å². The molecule has 3 amide bonds. The van der Waals surface area contributed by atoms with Gasteiger partial charge in [-0.15, -0.1) is 0 Å². The number of fused-ring (bicyclic) bond motifs is 1. The summed E-state index contributed by atoms with van der Waals surface area (Å²) in [5.41, 5.74) is 0.733. The Bertz CT molecular complexity index is 1100. The third-order valence-corrected chi connectivity index (χ3v) is 9.10. The van der Waals surface area contributed by atoms with Gasteiger partial charge in [-0.25, -0.2) is 0 Å². The first kappa shape index (κ1) is 27.8. The van der Waals surface area contributed by atoms with Crippen LogP contribution in [0, 0.1) is 17.8 Å². The Kier molecular flexibility index (Phi) is 8.15. The molecule has 1 aromatic rings. The lowest BCUT2D eigenvalue weighted by atomic mass is 9.74. The van der Waals surface area contributed by atoms with Crippen LogP contribution in [-0.2, 0) is 23.9 Å². The Morgan fingerprint density at radius 1 is 1.15 bits per heavy atom. The maximum absolute atomic E-state index is 14.0. The van der Waals surface area contributed by atoms with Gasteiger partial charge in [0.1, 0.15) is 11.6 Å². The summed E-state index contributed by atoms with van der Waals surface area (Å²) in [7, 11) is 0. The van der Waals surface area contributed by atoms with Crippen molar-refractivity contribution < 1.29 is 23.9 Å². The quantitative estimate of drug-likeness (QED) is 0.347. The number of carbonyl (C=O) groups excluding carboxylic acids is 3. The Balaban J connectivity index is 1.39. The summed E-state index contributed by atoms with van der Waals surface area (Å²) in [6.07, 6.45) is 8.09. The highest BCUT2D eigenvalue weighted by Gasteiger charge is 2.72. The molecule has 3 heterocycles. The number of hydrogen-bond acceptors (Lipinski definition) is 5. The predicted molar refractivity (Wildman–Crippen MR) is 149 cm³/mol. The lowest BCUT2D eigenvalue weighted by Gasteiger charge is -2.36. The summed E-state index contributed by atoms with van der Waals surface area (Å²) < 4.78 is 12.0. The topological polar surface area (TPSA) is 97.0 Å². The monoisotopic (exact) mass is 537 g/mol. The maximum Gasteiger partial charge on any atom is 0.246 e. The van der Waals surface area contributed by atoms with E-state index in [0.717, 1.165) is 19.3 Å². The van der Waals surface area contributed by atoms with Gasteiger partial charge in [-0.2, -0.15) is 0 Å². The van der Waals surface area contributed by atoms with Gasteiger partial charge in [-0.1, -0.05) is 57.9 Å². The first-order valence-corrected chi connectivity index (χ1v) is 14.7. The second kappa shape index (κ2) is 11.4. The van der Waals surface area contributed by atoms with Crippen molar-refractivity contribution in [2.45, 2.75) is 89.5 Å². The number of benzene rings is 1. The number of rotatable bonds is 10. The molecule has 39 heavy (non-hydrogen) atoms. The third kappa shape index (κ3) is 5.13. The molecule has 0 unspecified atom stereocenters. The van der Waals surface area contributed by atoms with Crippen LogP contribution >= 0.6 is 0 Å². The van der Waals surface area contributed by atoms with Gasteiger partial charge >= 0.3 is 0 Å². The van der Waals surface area contributed by atoms with Crippen LogP contribution in [0.5, 0.6) is 0 Å². The molecule has 1 spiro atoms. The van der Waals surface area contributed by atoms with Crippen molar-refractivity contribution in [3.8, 4) is 0 Å². The number of ether oxygens (including phenoxy) is 2. The predicted octanol–water partition coefficient (Wildman–Crippen LogP) is 4.02. The number of carbonyl (C=O) groups is 3. The van der Waals surface area contributed by atoms with Gasteiger partial charge in [0.15, 0.2) is 0 Å². The lowest BCUT2D eigenvalue weighted by Crippen LogP contribution is -2.57. The second-order valence-electron chi connectivity index (χ2n) is 11.9. The molecule has 0 radical (unpaired) electrons. The molecule has 8 heteroatoms. The molecule has 0 aromatic heterocycles. The lowest BCUT2D eigenvalue weighted by molar-refractivity contribution is -0.141. The Labute approximate surface area is 231 Å². The van der Waals surface area contributed by atoms with E-state index in [1.165, 1.54) is 12.0 Å². The van der Waals surface area contributed by atoms with Gasteiger partial charge in [0, 0.05) is 31.5 Å². The van der Waals surface area contributed by atoms with Crippen LogP contribution < -0.4 is 10.6 Å². The molecule has 2 N–H and O–H groups in total. The molecule has 1 aliphatic carbocycles. The van der Waals surface area contributed by atoms with Crippen molar-refractivity contribution in [3.05, 3.63) is 42.0 Å². The minimum absolute atomic E-state index is 0.0811. The summed E-state index contributed by atoms with van der Waals surface area (Å²) in [4.78, 5) is 43.2. The van der Waals surface area contributed by atoms with Crippen LogP contribution in [-0.4, -0.2) is 66.2 Å². The molecular weight excluding hydrogens is 494 g/mol. The largest absolute Gasteiger partial charge is 0.382 e. The van der Waals surface area contributed by atoms with Gasteiger partial charge in [0.2, 0.25) is 17.7 Å². The Morgan fingerprint density at radius 2 is 1.90 bits per heavy atom. The van der Waals surface area contributed by atoms with Crippen molar-refractivity contribution in [1.82, 2.24) is 10.2 Å². The smallest absolute Gasteiger partial charge is 0.246 e. The molecule has 7 atom stereocenters. The third-order valence-electron chi connectivity index (χ3n) is 9.10. The van der Waals surface area contributed by atoms with E-state index in [-0.39, 0.29) is 23.8 Å². The van der Waals surface area contributed by atoms with Crippen LogP contribution in [0.3, 0.4) is 0 Å². The fraction of sp³-hybridized carbons (Fsp3) is 0.645. The number of likely N-dealkylation sites (tertiary alicyclic amines) is 1. The van der Waals surface area contributed by atoms with Gasteiger partial charge in [-0.3, -0.25) is 14.4 Å². The van der Waals surface area contributed by atoms with Gasteiger partial charge in [0.05, 0.1) is 17.9 Å². The zero-order valence-corrected chi connectivity index (χ0v) is 23.7. The van der Waals surface area contributed by atoms with Crippen LogP contribution in [0.15, 0.2) is 36.4 Å². The van der Waals surface area contributed by atoms with E-state index in [1.54, 1.807) is 4.90 Å². The van der Waals surface area contributed by atoms with Crippen molar-refractivity contribution in [3.63, 3.8) is 0 Å². The minimum Gasteiger partial charge on any atom is -0.382 e. The Morgan fingerprint density at radius 3 is 2.59 bits per heavy atom. The SMILES string of the molecule is CCOCCCN1C(=O)[C@H]2[C@H](C(=O)Nc3ccc(C(C)C)cc3)[C@H]3C=C[C@@]2(O3)[C@@H]1C(=O)N[C@H]1CCCC[C@@H]1C. The van der Waals surface area contributed by atoms with Crippen LogP contribution in [0.4, 0.5) is 5.69 Å². The van der Waals surface area contributed by atoms with Gasteiger partial charge in [0.25, 0.3) is 0 Å². The number of nitrogens with zero attached hydrogens (tertiary/aromatic N) is 1. The van der Waals surface area contributed by atoms with E-state index in [2.05, 4.69) is 31.4 Å². The molecule has 4 aliphatic rings. The van der Waals surface area contributed by atoms with E-state index < -0.39 is 29.6 Å². The van der Waals surface area contributed by atoms with Gasteiger partial charge in [-0.05, 0) is 55.7 Å². The summed E-state index contributed by atoms with van der Waals surface area (Å²) in [5.74, 6) is -1.29. The average Bonchev–Trinajstić information content (AvgIpc) is 3.55. The number of anilines is 1. The second-order valence-corrected chi connectivity index (χ2v) is 11.9. The van der Waals surface area contributed by atoms with Crippen molar-refractivity contribution >= 4 is 23.4 Å². The number of nitrogens with one attached hydrogen (secondary N) is 2. The first-order valence-electron chi connectivity index (χ1n) is 14.7. The normalized spacial score (nSPS) is 33.1. The fourth-order valence-electron chi connectivity index (χ4n) is 6.96. The maximum atomic E-state index is 14.0. The molecule has 1 saturated carbocycles. The molecule has 212 valence electrons. The van der Waals surface area contributed by atoms with Crippen molar-refractivity contribution in [2.24, 2.45) is 17.8 Å². The van der Waals surface area contributed by atoms with Crippen molar-refractivity contribution in [2.75, 3.05) is 25.1 Å². The molecule has 3 aliphatic heterocycles. The fourth-order valence-corrected chi connectivity index (χ4v) is 6.96. The van der Waals surface area contributed by atoms with E-state index in [4.69, 9.17) is 9.47 Å². The Hall–Kier alpha value is -2.71. The molecule has 1 aromatic carbocycles. The number of amides is 3. The highest BCUT2D eigenvalue weighted by atomic mass is 16.5. The first-order chi connectivity index (χ1) is 18.8. The molecule has 8 nitrogen and oxygen atoms in total.